The lowest BCUT2D eigenvalue weighted by Crippen LogP contribution is -2.17. The maximum Gasteiger partial charge on any atom is 0.123 e. The van der Waals surface area contributed by atoms with Crippen molar-refractivity contribution in [3.05, 3.63) is 57.0 Å². The molecule has 0 amide bonds. The van der Waals surface area contributed by atoms with Gasteiger partial charge in [0.2, 0.25) is 0 Å². The van der Waals surface area contributed by atoms with Crippen molar-refractivity contribution in [1.82, 2.24) is 0 Å². The van der Waals surface area contributed by atoms with Crippen LogP contribution in [-0.2, 0) is 4.74 Å². The Hall–Kier alpha value is -2.02. The number of aliphatic imine (C=N–C) groups is 1. The third-order valence-electron chi connectivity index (χ3n) is 5.24. The highest BCUT2D eigenvalue weighted by molar-refractivity contribution is 7.10. The van der Waals surface area contributed by atoms with Gasteiger partial charge in [0, 0.05) is 22.9 Å². The quantitative estimate of drug-likeness (QED) is 0.612. The predicted molar refractivity (Wildman–Crippen MR) is 113 cm³/mol. The molecule has 2 heterocycles. The molecule has 1 aromatic heterocycles. The number of allylic oxidation sites excluding steroid dienone is 1. The Morgan fingerprint density at radius 2 is 2.11 bits per heavy atom. The van der Waals surface area contributed by atoms with Crippen LogP contribution in [0.5, 0.6) is 0 Å². The number of aliphatic hydroxyl groups is 1. The van der Waals surface area contributed by atoms with Gasteiger partial charge in [-0.05, 0) is 56.4 Å². The number of hydrogen-bond acceptors (Lipinski definition) is 5. The number of nitrogens with zero attached hydrogens (tertiary/aromatic N) is 1. The Kier molecular flexibility index (Phi) is 6.65. The van der Waals surface area contributed by atoms with Gasteiger partial charge in [0.1, 0.15) is 11.9 Å². The summed E-state index contributed by atoms with van der Waals surface area (Å²) in [5.41, 5.74) is 10.7. The summed E-state index contributed by atoms with van der Waals surface area (Å²) in [5.74, 6) is -0.317. The molecule has 3 rings (SSSR count). The average Bonchev–Trinajstić information content (AvgIpc) is 3.34. The molecular formula is C22H27FN2O2S. The molecule has 28 heavy (non-hydrogen) atoms. The smallest absolute Gasteiger partial charge is 0.123 e. The largest absolute Gasteiger partial charge is 0.398 e. The zero-order chi connectivity index (χ0) is 20.3. The summed E-state index contributed by atoms with van der Waals surface area (Å²) in [6.07, 6.45) is 2.94. The van der Waals surface area contributed by atoms with Crippen LogP contribution in [0.25, 0.3) is 5.70 Å². The van der Waals surface area contributed by atoms with Crippen LogP contribution >= 0.6 is 11.3 Å². The maximum absolute atomic E-state index is 13.1. The summed E-state index contributed by atoms with van der Waals surface area (Å²) in [4.78, 5) is 5.61. The number of halogens is 1. The monoisotopic (exact) mass is 402 g/mol. The van der Waals surface area contributed by atoms with Gasteiger partial charge in [-0.3, -0.25) is 4.99 Å². The van der Waals surface area contributed by atoms with E-state index in [0.717, 1.165) is 46.7 Å². The summed E-state index contributed by atoms with van der Waals surface area (Å²) in [6.45, 7) is 6.00. The van der Waals surface area contributed by atoms with Crippen molar-refractivity contribution in [1.29, 1.82) is 0 Å². The summed E-state index contributed by atoms with van der Waals surface area (Å²) in [6, 6.07) is 5.92. The number of hydrogen-bond donors (Lipinski definition) is 2. The highest BCUT2D eigenvalue weighted by Crippen LogP contribution is 2.46. The minimum atomic E-state index is -0.782. The van der Waals surface area contributed by atoms with Crippen LogP contribution in [0, 0.1) is 5.82 Å². The van der Waals surface area contributed by atoms with E-state index in [1.54, 1.807) is 29.7 Å². The van der Waals surface area contributed by atoms with Crippen LogP contribution in [0.3, 0.4) is 0 Å². The van der Waals surface area contributed by atoms with Crippen molar-refractivity contribution < 1.29 is 14.2 Å². The van der Waals surface area contributed by atoms with Gasteiger partial charge in [0.15, 0.2) is 0 Å². The summed E-state index contributed by atoms with van der Waals surface area (Å²) < 4.78 is 19.3. The fourth-order valence-corrected chi connectivity index (χ4v) is 4.51. The molecule has 150 valence electrons. The van der Waals surface area contributed by atoms with Crippen LogP contribution in [0.2, 0.25) is 0 Å². The Bertz CT molecular complexity index is 873. The van der Waals surface area contributed by atoms with Crippen LogP contribution in [0.15, 0.2) is 40.2 Å². The molecule has 4 nitrogen and oxygen atoms in total. The van der Waals surface area contributed by atoms with Crippen molar-refractivity contribution in [3.63, 3.8) is 0 Å². The normalized spacial score (nSPS) is 21.9. The van der Waals surface area contributed by atoms with E-state index in [1.807, 2.05) is 19.2 Å². The second-order valence-electron chi connectivity index (χ2n) is 7.03. The second-order valence-corrected chi connectivity index (χ2v) is 7.95. The number of ether oxygens (including phenoxy) is 1. The van der Waals surface area contributed by atoms with Gasteiger partial charge >= 0.3 is 0 Å². The zero-order valence-corrected chi connectivity index (χ0v) is 17.3. The molecular weight excluding hydrogens is 375 g/mol. The van der Waals surface area contributed by atoms with E-state index < -0.39 is 6.10 Å². The third kappa shape index (κ3) is 4.19. The van der Waals surface area contributed by atoms with Gasteiger partial charge in [-0.25, -0.2) is 4.39 Å². The van der Waals surface area contributed by atoms with E-state index in [4.69, 9.17) is 10.5 Å². The topological polar surface area (TPSA) is 67.8 Å². The molecule has 1 fully saturated rings. The number of nitrogens with two attached hydrogens (primary N) is 1. The van der Waals surface area contributed by atoms with Crippen LogP contribution in [-0.4, -0.2) is 17.4 Å². The fraction of sp³-hybridized carbons (Fsp3) is 0.409. The standard InChI is InChI=1S/C22H27FN2O2S/c1-4-13(3)19(24)16-12-28-22(20(16)25-5-2)18-11-10-17(27-18)21(26)14-6-8-15(23)9-7-14/h5-9,12,17-18,21,26H,4,10-11,24H2,1-3H3. The minimum absolute atomic E-state index is 0.132. The molecule has 1 aliphatic heterocycles. The predicted octanol–water partition coefficient (Wildman–Crippen LogP) is 5.66. The SMILES string of the molecule is CC=Nc1c(C(N)=C(C)CC)csc1C1CCC(C(O)c2ccc(F)cc2)O1. The summed E-state index contributed by atoms with van der Waals surface area (Å²) in [7, 11) is 0. The molecule has 3 atom stereocenters. The van der Waals surface area contributed by atoms with Gasteiger partial charge in [-0.1, -0.05) is 19.1 Å². The highest BCUT2D eigenvalue weighted by Gasteiger charge is 2.35. The molecule has 2 aromatic rings. The van der Waals surface area contributed by atoms with Gasteiger partial charge in [0.25, 0.3) is 0 Å². The molecule has 0 spiro atoms. The van der Waals surface area contributed by atoms with E-state index in [2.05, 4.69) is 11.9 Å². The lowest BCUT2D eigenvalue weighted by atomic mass is 10.0. The van der Waals surface area contributed by atoms with Crippen LogP contribution in [0.4, 0.5) is 10.1 Å². The molecule has 1 saturated heterocycles. The maximum atomic E-state index is 13.1. The van der Waals surface area contributed by atoms with Crippen molar-refractivity contribution in [2.75, 3.05) is 0 Å². The molecule has 0 bridgehead atoms. The first-order valence-corrected chi connectivity index (χ1v) is 10.5. The molecule has 6 heteroatoms. The fourth-order valence-electron chi connectivity index (χ4n) is 3.43. The Morgan fingerprint density at radius 1 is 1.39 bits per heavy atom. The van der Waals surface area contributed by atoms with E-state index in [9.17, 15) is 9.50 Å². The van der Waals surface area contributed by atoms with Crippen LogP contribution in [0.1, 0.15) is 68.2 Å². The average molecular weight is 403 g/mol. The van der Waals surface area contributed by atoms with Gasteiger partial charge < -0.3 is 15.6 Å². The minimum Gasteiger partial charge on any atom is -0.398 e. The molecule has 3 unspecified atom stereocenters. The first-order chi connectivity index (χ1) is 13.5. The van der Waals surface area contributed by atoms with Crippen molar-refractivity contribution >= 4 is 28.9 Å². The highest BCUT2D eigenvalue weighted by atomic mass is 32.1. The Labute approximate surface area is 169 Å². The molecule has 0 radical (unpaired) electrons. The Balaban J connectivity index is 1.83. The number of benzene rings is 1. The molecule has 0 aliphatic carbocycles. The molecule has 1 aromatic carbocycles. The van der Waals surface area contributed by atoms with E-state index in [0.29, 0.717) is 5.56 Å². The lowest BCUT2D eigenvalue weighted by molar-refractivity contribution is -0.0352. The second kappa shape index (κ2) is 8.99. The van der Waals surface area contributed by atoms with Gasteiger partial charge in [-0.2, -0.15) is 0 Å². The van der Waals surface area contributed by atoms with E-state index in [1.165, 1.54) is 12.1 Å². The first kappa shape index (κ1) is 20.7. The summed E-state index contributed by atoms with van der Waals surface area (Å²) >= 11 is 1.60. The molecule has 1 aliphatic rings. The zero-order valence-electron chi connectivity index (χ0n) is 16.5. The third-order valence-corrected chi connectivity index (χ3v) is 6.30. The number of rotatable bonds is 6. The van der Waals surface area contributed by atoms with Crippen molar-refractivity contribution in [3.8, 4) is 0 Å². The number of aliphatic hydroxyl groups excluding tert-OH is 1. The van der Waals surface area contributed by atoms with E-state index >= 15 is 0 Å². The molecule has 3 N–H and O–H groups in total. The number of thiophene rings is 1. The van der Waals surface area contributed by atoms with E-state index in [-0.39, 0.29) is 18.0 Å². The van der Waals surface area contributed by atoms with Crippen molar-refractivity contribution in [2.24, 2.45) is 10.7 Å². The van der Waals surface area contributed by atoms with Crippen molar-refractivity contribution in [2.45, 2.75) is 58.3 Å². The van der Waals surface area contributed by atoms with Gasteiger partial charge in [0.05, 0.1) is 22.8 Å². The van der Waals surface area contributed by atoms with Crippen LogP contribution < -0.4 is 5.73 Å². The lowest BCUT2D eigenvalue weighted by Gasteiger charge is -2.19. The molecule has 0 saturated carbocycles. The van der Waals surface area contributed by atoms with Gasteiger partial charge in [-0.15, -0.1) is 11.3 Å². The Morgan fingerprint density at radius 3 is 2.75 bits per heavy atom. The first-order valence-electron chi connectivity index (χ1n) is 9.60. The summed E-state index contributed by atoms with van der Waals surface area (Å²) in [5, 5.41) is 12.7.